The van der Waals surface area contributed by atoms with Crippen molar-refractivity contribution in [2.75, 3.05) is 0 Å². The Morgan fingerprint density at radius 2 is 1.40 bits per heavy atom. The molecule has 6 rings (SSSR count). The van der Waals surface area contributed by atoms with E-state index in [-0.39, 0.29) is 0 Å². The number of imidazole rings is 2. The summed E-state index contributed by atoms with van der Waals surface area (Å²) in [7, 11) is 2.16. The van der Waals surface area contributed by atoms with Gasteiger partial charge in [-0.05, 0) is 42.3 Å². The lowest BCUT2D eigenvalue weighted by Crippen LogP contribution is -2.12. The first-order valence-corrected chi connectivity index (χ1v) is 10.3. The predicted molar refractivity (Wildman–Crippen MR) is 128 cm³/mol. The number of fused-ring (bicyclic) bond motifs is 5. The summed E-state index contributed by atoms with van der Waals surface area (Å²) < 4.78 is 4.62. The van der Waals surface area contributed by atoms with Crippen LogP contribution in [0.4, 0.5) is 0 Å². The summed E-state index contributed by atoms with van der Waals surface area (Å²) in [4.78, 5) is 5.05. The molecule has 0 aliphatic rings. The minimum absolute atomic E-state index is 0.946. The lowest BCUT2D eigenvalue weighted by Gasteiger charge is -2.13. The number of nitrogens with zero attached hydrogens (tertiary/aromatic N) is 3. The van der Waals surface area contributed by atoms with Crippen molar-refractivity contribution in [1.29, 1.82) is 0 Å². The van der Waals surface area contributed by atoms with Crippen LogP contribution < -0.4 is 5.46 Å². The summed E-state index contributed by atoms with van der Waals surface area (Å²) in [6.45, 7) is 2.18. The quantitative estimate of drug-likeness (QED) is 0.397. The van der Waals surface area contributed by atoms with Crippen molar-refractivity contribution in [2.24, 2.45) is 0 Å². The molecule has 0 saturated carbocycles. The third-order valence-electron chi connectivity index (χ3n) is 6.01. The molecule has 0 atom stereocenters. The largest absolute Gasteiger partial charge is 0.278 e. The normalized spacial score (nSPS) is 11.6. The smallest absolute Gasteiger partial charge is 0.220 e. The lowest BCUT2D eigenvalue weighted by atomic mass is 9.93. The zero-order valence-corrected chi connectivity index (χ0v) is 17.0. The molecule has 6 aromatic rings. The Morgan fingerprint density at radius 1 is 0.700 bits per heavy atom. The van der Waals surface area contributed by atoms with E-state index in [2.05, 4.69) is 109 Å². The van der Waals surface area contributed by atoms with Crippen LogP contribution in [0.15, 0.2) is 91.0 Å². The second kappa shape index (κ2) is 6.36. The van der Waals surface area contributed by atoms with Gasteiger partial charge in [0.25, 0.3) is 0 Å². The highest BCUT2D eigenvalue weighted by Crippen LogP contribution is 2.36. The highest BCUT2D eigenvalue weighted by atomic mass is 15.2. The molecule has 142 valence electrons. The Hall–Kier alpha value is -3.79. The maximum atomic E-state index is 5.05. The molecular formula is C26H20BN3. The fourth-order valence-corrected chi connectivity index (χ4v) is 4.58. The van der Waals surface area contributed by atoms with E-state index in [0.29, 0.717) is 0 Å². The van der Waals surface area contributed by atoms with Crippen LogP contribution in [-0.4, -0.2) is 21.8 Å². The van der Waals surface area contributed by atoms with Gasteiger partial charge in [0.2, 0.25) is 5.78 Å². The summed E-state index contributed by atoms with van der Waals surface area (Å²) in [5.41, 5.74) is 10.6. The summed E-state index contributed by atoms with van der Waals surface area (Å²) in [6, 6.07) is 32.1. The fourth-order valence-electron chi connectivity index (χ4n) is 4.58. The number of aromatic nitrogens is 3. The van der Waals surface area contributed by atoms with Crippen molar-refractivity contribution in [3.63, 3.8) is 0 Å². The van der Waals surface area contributed by atoms with Gasteiger partial charge in [0.15, 0.2) is 0 Å². The van der Waals surface area contributed by atoms with Crippen LogP contribution in [0, 0.1) is 6.92 Å². The Balaban J connectivity index is 1.88. The molecule has 0 N–H and O–H groups in total. The zero-order chi connectivity index (χ0) is 20.2. The monoisotopic (exact) mass is 385 g/mol. The lowest BCUT2D eigenvalue weighted by molar-refractivity contribution is 1.12. The van der Waals surface area contributed by atoms with Crippen molar-refractivity contribution >= 4 is 41.2 Å². The first kappa shape index (κ1) is 17.1. The summed E-state index contributed by atoms with van der Waals surface area (Å²) >= 11 is 0. The van der Waals surface area contributed by atoms with Gasteiger partial charge in [0.05, 0.1) is 22.1 Å². The molecule has 0 unspecified atom stereocenters. The van der Waals surface area contributed by atoms with Gasteiger partial charge in [0, 0.05) is 11.3 Å². The van der Waals surface area contributed by atoms with Crippen LogP contribution in [0.1, 0.15) is 5.56 Å². The Morgan fingerprint density at radius 3 is 2.27 bits per heavy atom. The van der Waals surface area contributed by atoms with E-state index in [1.165, 1.54) is 33.2 Å². The first-order valence-electron chi connectivity index (χ1n) is 10.3. The molecule has 0 aliphatic heterocycles. The van der Waals surface area contributed by atoms with Gasteiger partial charge in [-0.25, -0.2) is 4.98 Å². The molecule has 2 aromatic heterocycles. The van der Waals surface area contributed by atoms with Crippen LogP contribution in [0.2, 0.25) is 0 Å². The third-order valence-corrected chi connectivity index (χ3v) is 6.01. The second-order valence-corrected chi connectivity index (χ2v) is 7.85. The molecule has 0 saturated heterocycles. The SMILES string of the molecule is Bc1ccccc1-n1c2c(-c3ccccc3C)cccc2n2c3ccccc3nc12. The standard InChI is InChI=1S/C26H20BN3/c1-17-9-2-3-10-18(17)19-11-8-16-24-25(19)30(22-14-6-4-12-20(22)27)26-28-21-13-5-7-15-23(21)29(24)26/h2-16H,27H2,1H3. The maximum absolute atomic E-state index is 5.05. The maximum Gasteiger partial charge on any atom is 0.220 e. The average Bonchev–Trinajstić information content (AvgIpc) is 3.29. The predicted octanol–water partition coefficient (Wildman–Crippen LogP) is 4.67. The molecule has 2 heterocycles. The van der Waals surface area contributed by atoms with Gasteiger partial charge in [-0.2, -0.15) is 0 Å². The third kappa shape index (κ3) is 2.31. The topological polar surface area (TPSA) is 22.2 Å². The zero-order valence-electron chi connectivity index (χ0n) is 17.0. The highest BCUT2D eigenvalue weighted by molar-refractivity contribution is 6.35. The molecule has 30 heavy (non-hydrogen) atoms. The van der Waals surface area contributed by atoms with E-state index in [0.717, 1.165) is 22.5 Å². The second-order valence-electron chi connectivity index (χ2n) is 7.85. The van der Waals surface area contributed by atoms with Gasteiger partial charge in [-0.1, -0.05) is 72.2 Å². The van der Waals surface area contributed by atoms with Crippen molar-refractivity contribution in [3.05, 3.63) is 96.6 Å². The molecule has 0 spiro atoms. The van der Waals surface area contributed by atoms with Crippen molar-refractivity contribution in [1.82, 2.24) is 14.0 Å². The van der Waals surface area contributed by atoms with Crippen molar-refractivity contribution in [2.45, 2.75) is 6.92 Å². The average molecular weight is 385 g/mol. The molecular weight excluding hydrogens is 365 g/mol. The van der Waals surface area contributed by atoms with E-state index >= 15 is 0 Å². The van der Waals surface area contributed by atoms with Crippen LogP contribution in [0.3, 0.4) is 0 Å². The van der Waals surface area contributed by atoms with Crippen LogP contribution in [-0.2, 0) is 0 Å². The van der Waals surface area contributed by atoms with Gasteiger partial charge in [0.1, 0.15) is 7.85 Å². The highest BCUT2D eigenvalue weighted by Gasteiger charge is 2.21. The van der Waals surface area contributed by atoms with Gasteiger partial charge < -0.3 is 0 Å². The number of hydrogen-bond acceptors (Lipinski definition) is 1. The first-order chi connectivity index (χ1) is 14.7. The van der Waals surface area contributed by atoms with Crippen molar-refractivity contribution < 1.29 is 0 Å². The molecule has 0 aliphatic carbocycles. The van der Waals surface area contributed by atoms with E-state index in [1.54, 1.807) is 0 Å². The van der Waals surface area contributed by atoms with E-state index in [1.807, 2.05) is 6.07 Å². The molecule has 0 bridgehead atoms. The van der Waals surface area contributed by atoms with Crippen LogP contribution >= 0.6 is 0 Å². The minimum atomic E-state index is 0.946. The number of aryl methyl sites for hydroxylation is 1. The molecule has 4 heteroatoms. The Kier molecular flexibility index (Phi) is 3.63. The summed E-state index contributed by atoms with van der Waals surface area (Å²) in [6.07, 6.45) is 0. The number of hydrogen-bond donors (Lipinski definition) is 0. The number of para-hydroxylation sites is 4. The van der Waals surface area contributed by atoms with Gasteiger partial charge >= 0.3 is 0 Å². The van der Waals surface area contributed by atoms with Gasteiger partial charge in [-0.15, -0.1) is 0 Å². The van der Waals surface area contributed by atoms with E-state index in [4.69, 9.17) is 4.98 Å². The number of rotatable bonds is 2. The van der Waals surface area contributed by atoms with Crippen molar-refractivity contribution in [3.8, 4) is 16.8 Å². The Bertz CT molecular complexity index is 1570. The summed E-state index contributed by atoms with van der Waals surface area (Å²) in [5, 5.41) is 0. The molecule has 0 fully saturated rings. The molecule has 4 aromatic carbocycles. The van der Waals surface area contributed by atoms with E-state index < -0.39 is 0 Å². The number of benzene rings is 4. The molecule has 3 nitrogen and oxygen atoms in total. The minimum Gasteiger partial charge on any atom is -0.278 e. The molecule has 0 radical (unpaired) electrons. The van der Waals surface area contributed by atoms with Gasteiger partial charge in [-0.3, -0.25) is 8.97 Å². The molecule has 0 amide bonds. The van der Waals surface area contributed by atoms with Crippen LogP contribution in [0.5, 0.6) is 0 Å². The summed E-state index contributed by atoms with van der Waals surface area (Å²) in [5.74, 6) is 0.946. The Labute approximate surface area is 175 Å². The van der Waals surface area contributed by atoms with E-state index in [9.17, 15) is 0 Å². The fraction of sp³-hybridized carbons (Fsp3) is 0.0385. The van der Waals surface area contributed by atoms with Crippen LogP contribution in [0.25, 0.3) is 44.7 Å².